The standard InChI is InChI=1S/C15H21NO2S/c1-10-7-8-14(19-10)12-5-3-9-16(12)15(18)11-4-2-6-13(11)17/h7-8,11-13,17H,2-6,9H2,1H3. The first-order valence-corrected chi connectivity index (χ1v) is 8.03. The molecule has 4 heteroatoms. The van der Waals surface area contributed by atoms with E-state index in [1.54, 1.807) is 11.3 Å². The van der Waals surface area contributed by atoms with Gasteiger partial charge in [-0.1, -0.05) is 0 Å². The van der Waals surface area contributed by atoms with Crippen LogP contribution in [0, 0.1) is 12.8 Å². The van der Waals surface area contributed by atoms with E-state index in [0.29, 0.717) is 0 Å². The molecule has 0 spiro atoms. The summed E-state index contributed by atoms with van der Waals surface area (Å²) in [5.74, 6) is 0.0280. The van der Waals surface area contributed by atoms with Crippen molar-refractivity contribution in [3.8, 4) is 0 Å². The number of carbonyl (C=O) groups excluding carboxylic acids is 1. The lowest BCUT2D eigenvalue weighted by atomic mass is 10.0. The van der Waals surface area contributed by atoms with Crippen molar-refractivity contribution in [2.24, 2.45) is 5.92 Å². The second kappa shape index (κ2) is 5.25. The summed E-state index contributed by atoms with van der Waals surface area (Å²) < 4.78 is 0. The van der Waals surface area contributed by atoms with E-state index in [2.05, 4.69) is 19.1 Å². The van der Waals surface area contributed by atoms with Crippen LogP contribution < -0.4 is 0 Å². The molecule has 3 atom stereocenters. The molecule has 1 aliphatic carbocycles. The van der Waals surface area contributed by atoms with Gasteiger partial charge in [0.2, 0.25) is 5.91 Å². The van der Waals surface area contributed by atoms with Crippen LogP contribution in [-0.4, -0.2) is 28.6 Å². The maximum Gasteiger partial charge on any atom is 0.228 e. The van der Waals surface area contributed by atoms with Gasteiger partial charge in [-0.05, 0) is 51.2 Å². The molecule has 1 aromatic heterocycles. The third-order valence-corrected chi connectivity index (χ3v) is 5.52. The van der Waals surface area contributed by atoms with Crippen LogP contribution in [-0.2, 0) is 4.79 Å². The molecule has 3 unspecified atom stereocenters. The lowest BCUT2D eigenvalue weighted by molar-refractivity contribution is -0.139. The number of amides is 1. The molecule has 1 saturated heterocycles. The lowest BCUT2D eigenvalue weighted by Crippen LogP contribution is -2.38. The Morgan fingerprint density at radius 1 is 1.32 bits per heavy atom. The highest BCUT2D eigenvalue weighted by molar-refractivity contribution is 7.12. The number of aliphatic hydroxyl groups excluding tert-OH is 1. The van der Waals surface area contributed by atoms with Gasteiger partial charge in [0, 0.05) is 16.3 Å². The minimum absolute atomic E-state index is 0.151. The third-order valence-electron chi connectivity index (χ3n) is 4.42. The number of hydrogen-bond donors (Lipinski definition) is 1. The van der Waals surface area contributed by atoms with Gasteiger partial charge in [-0.3, -0.25) is 4.79 Å². The van der Waals surface area contributed by atoms with Gasteiger partial charge in [0.15, 0.2) is 0 Å². The van der Waals surface area contributed by atoms with Gasteiger partial charge < -0.3 is 10.0 Å². The predicted octanol–water partition coefficient (Wildman–Crippen LogP) is 2.88. The lowest BCUT2D eigenvalue weighted by Gasteiger charge is -2.28. The van der Waals surface area contributed by atoms with E-state index in [4.69, 9.17) is 0 Å². The van der Waals surface area contributed by atoms with Gasteiger partial charge >= 0.3 is 0 Å². The molecule has 19 heavy (non-hydrogen) atoms. The van der Waals surface area contributed by atoms with Crippen molar-refractivity contribution in [1.29, 1.82) is 0 Å². The Hall–Kier alpha value is -0.870. The molecule has 0 bridgehead atoms. The highest BCUT2D eigenvalue weighted by Crippen LogP contribution is 2.38. The molecular formula is C15H21NO2S. The fraction of sp³-hybridized carbons (Fsp3) is 0.667. The zero-order valence-electron chi connectivity index (χ0n) is 11.3. The Bertz CT molecular complexity index is 470. The van der Waals surface area contributed by atoms with Crippen molar-refractivity contribution in [1.82, 2.24) is 4.90 Å². The largest absolute Gasteiger partial charge is 0.392 e. The zero-order chi connectivity index (χ0) is 13.4. The van der Waals surface area contributed by atoms with Gasteiger partial charge in [-0.25, -0.2) is 0 Å². The number of carbonyl (C=O) groups is 1. The quantitative estimate of drug-likeness (QED) is 0.904. The number of aliphatic hydroxyl groups is 1. The van der Waals surface area contributed by atoms with Crippen molar-refractivity contribution >= 4 is 17.2 Å². The molecule has 1 N–H and O–H groups in total. The Labute approximate surface area is 118 Å². The minimum atomic E-state index is -0.418. The average Bonchev–Trinajstić information content (AvgIpc) is 3.07. The summed E-state index contributed by atoms with van der Waals surface area (Å²) in [6.45, 7) is 2.96. The molecule has 104 valence electrons. The summed E-state index contributed by atoms with van der Waals surface area (Å²) in [6, 6.07) is 4.53. The van der Waals surface area contributed by atoms with Crippen molar-refractivity contribution in [2.45, 2.75) is 51.2 Å². The van der Waals surface area contributed by atoms with E-state index in [-0.39, 0.29) is 17.9 Å². The minimum Gasteiger partial charge on any atom is -0.392 e. The number of hydrogen-bond acceptors (Lipinski definition) is 3. The smallest absolute Gasteiger partial charge is 0.228 e. The maximum atomic E-state index is 12.6. The number of thiophene rings is 1. The first kappa shape index (κ1) is 13.1. The predicted molar refractivity (Wildman–Crippen MR) is 76.1 cm³/mol. The molecule has 3 nitrogen and oxygen atoms in total. The number of likely N-dealkylation sites (tertiary alicyclic amines) is 1. The molecule has 1 saturated carbocycles. The summed E-state index contributed by atoms with van der Waals surface area (Å²) in [5.41, 5.74) is 0. The first-order chi connectivity index (χ1) is 9.16. The summed E-state index contributed by atoms with van der Waals surface area (Å²) in [6.07, 6.45) is 4.34. The molecular weight excluding hydrogens is 258 g/mol. The van der Waals surface area contributed by atoms with Crippen LogP contribution in [0.2, 0.25) is 0 Å². The molecule has 0 radical (unpaired) electrons. The van der Waals surface area contributed by atoms with E-state index in [9.17, 15) is 9.90 Å². The molecule has 1 aliphatic heterocycles. The highest BCUT2D eigenvalue weighted by atomic mass is 32.1. The van der Waals surface area contributed by atoms with Crippen LogP contribution in [0.5, 0.6) is 0 Å². The highest BCUT2D eigenvalue weighted by Gasteiger charge is 2.39. The fourth-order valence-electron chi connectivity index (χ4n) is 3.40. The van der Waals surface area contributed by atoms with Gasteiger partial charge in [-0.2, -0.15) is 0 Å². The van der Waals surface area contributed by atoms with Gasteiger partial charge in [0.05, 0.1) is 18.1 Å². The van der Waals surface area contributed by atoms with E-state index < -0.39 is 6.10 Å². The molecule has 2 fully saturated rings. The molecule has 2 heterocycles. The van der Waals surface area contributed by atoms with Crippen LogP contribution in [0.1, 0.15) is 47.9 Å². The monoisotopic (exact) mass is 279 g/mol. The zero-order valence-corrected chi connectivity index (χ0v) is 12.2. The number of rotatable bonds is 2. The second-order valence-electron chi connectivity index (χ2n) is 5.74. The summed E-state index contributed by atoms with van der Waals surface area (Å²) in [7, 11) is 0. The number of nitrogens with zero attached hydrogens (tertiary/aromatic N) is 1. The SMILES string of the molecule is Cc1ccc(C2CCCN2C(=O)C2CCCC2O)s1. The molecule has 1 amide bonds. The fourth-order valence-corrected chi connectivity index (χ4v) is 4.43. The summed E-state index contributed by atoms with van der Waals surface area (Å²) in [5, 5.41) is 9.94. The topological polar surface area (TPSA) is 40.5 Å². The van der Waals surface area contributed by atoms with Crippen molar-refractivity contribution in [3.05, 3.63) is 21.9 Å². The van der Waals surface area contributed by atoms with E-state index >= 15 is 0 Å². The van der Waals surface area contributed by atoms with Crippen LogP contribution in [0.25, 0.3) is 0 Å². The Kier molecular flexibility index (Phi) is 3.63. The Morgan fingerprint density at radius 3 is 2.79 bits per heavy atom. The van der Waals surface area contributed by atoms with Crippen LogP contribution >= 0.6 is 11.3 Å². The average molecular weight is 279 g/mol. The maximum absolute atomic E-state index is 12.6. The van der Waals surface area contributed by atoms with E-state index in [1.165, 1.54) is 9.75 Å². The van der Waals surface area contributed by atoms with Gasteiger partial charge in [-0.15, -0.1) is 11.3 Å². The van der Waals surface area contributed by atoms with Crippen molar-refractivity contribution < 1.29 is 9.90 Å². The molecule has 3 rings (SSSR count). The third kappa shape index (κ3) is 2.43. The Morgan fingerprint density at radius 2 is 2.16 bits per heavy atom. The van der Waals surface area contributed by atoms with Gasteiger partial charge in [0.1, 0.15) is 0 Å². The first-order valence-electron chi connectivity index (χ1n) is 7.21. The van der Waals surface area contributed by atoms with E-state index in [0.717, 1.165) is 38.6 Å². The molecule has 1 aromatic rings. The summed E-state index contributed by atoms with van der Waals surface area (Å²) in [4.78, 5) is 17.2. The van der Waals surface area contributed by atoms with Crippen LogP contribution in [0.15, 0.2) is 12.1 Å². The second-order valence-corrected chi connectivity index (χ2v) is 7.06. The molecule has 2 aliphatic rings. The Balaban J connectivity index is 1.77. The van der Waals surface area contributed by atoms with Crippen molar-refractivity contribution in [2.75, 3.05) is 6.54 Å². The van der Waals surface area contributed by atoms with Crippen LogP contribution in [0.3, 0.4) is 0 Å². The number of aryl methyl sites for hydroxylation is 1. The van der Waals surface area contributed by atoms with Crippen LogP contribution in [0.4, 0.5) is 0 Å². The van der Waals surface area contributed by atoms with E-state index in [1.807, 2.05) is 4.90 Å². The summed E-state index contributed by atoms with van der Waals surface area (Å²) >= 11 is 1.79. The van der Waals surface area contributed by atoms with Crippen molar-refractivity contribution in [3.63, 3.8) is 0 Å². The van der Waals surface area contributed by atoms with Gasteiger partial charge in [0.25, 0.3) is 0 Å². The molecule has 0 aromatic carbocycles. The normalized spacial score (nSPS) is 31.1.